The number of hydrogen-bond donors (Lipinski definition) is 0. The molecule has 54 heavy (non-hydrogen) atoms. The van der Waals surface area contributed by atoms with E-state index in [1.165, 1.54) is 55.2 Å². The van der Waals surface area contributed by atoms with E-state index in [2.05, 4.69) is 154 Å². The fourth-order valence-corrected chi connectivity index (χ4v) is 32.8. The standard InChI is InChI=1S/C29H37.C13H19.C7H7.CH3.CH2.2ClH.Zr/c1-18-25-22-17-19-13-9-10-14-20(19)24(22)21-15-11-12-16-23(21)29(25,8)28(6,7)27(4,5)26(18,2)3;1-11-6-7-12(10-11)13(2)8-4-3-5-9-13;1-7-5-3-2-4-6-7;;;;;/h9-11,13-15,23H,12,16-17H2,1-8H3;7,10-11H,3-5,8-9H2,1-2H3;3-6H,1H3;1H3;1H2;2*1H;. The molecule has 0 heterocycles. The predicted octanol–water partition coefficient (Wildman–Crippen LogP) is 14.6. The van der Waals surface area contributed by atoms with Crippen molar-refractivity contribution in [2.75, 3.05) is 0 Å². The predicted molar refractivity (Wildman–Crippen MR) is 239 cm³/mol. The van der Waals surface area contributed by atoms with E-state index in [9.17, 15) is 0 Å². The van der Waals surface area contributed by atoms with Gasteiger partial charge in [-0.15, -0.1) is 24.8 Å². The second kappa shape index (κ2) is 13.0. The first kappa shape index (κ1) is 42.1. The van der Waals surface area contributed by atoms with Crippen molar-refractivity contribution < 1.29 is 18.3 Å². The van der Waals surface area contributed by atoms with Crippen LogP contribution in [0.1, 0.15) is 131 Å². The van der Waals surface area contributed by atoms with Gasteiger partial charge in [-0.05, 0) is 0 Å². The second-order valence-corrected chi connectivity index (χ2v) is 36.4. The topological polar surface area (TPSA) is 0 Å². The monoisotopic (exact) mass is 842 g/mol. The van der Waals surface area contributed by atoms with Crippen molar-refractivity contribution in [2.24, 2.45) is 38.9 Å². The van der Waals surface area contributed by atoms with E-state index in [0.29, 0.717) is 11.8 Å². The average Bonchev–Trinajstić information content (AvgIpc) is 3.70. The van der Waals surface area contributed by atoms with Crippen LogP contribution in [0.3, 0.4) is 0 Å². The molecule has 0 nitrogen and oxygen atoms in total. The minimum atomic E-state index is -4.81. The molecule has 292 valence electrons. The van der Waals surface area contributed by atoms with Crippen LogP contribution in [0.5, 0.6) is 0 Å². The van der Waals surface area contributed by atoms with Crippen molar-refractivity contribution in [1.82, 2.24) is 0 Å². The molecule has 2 aromatic carbocycles. The Morgan fingerprint density at radius 1 is 0.778 bits per heavy atom. The quantitative estimate of drug-likeness (QED) is 0.288. The Labute approximate surface area is 343 Å². The van der Waals surface area contributed by atoms with Crippen LogP contribution < -0.4 is 3.27 Å². The summed E-state index contributed by atoms with van der Waals surface area (Å²) in [6.45, 7) is 29.1. The summed E-state index contributed by atoms with van der Waals surface area (Å²) in [6, 6.07) is 19.4. The molecule has 0 spiro atoms. The van der Waals surface area contributed by atoms with Gasteiger partial charge >= 0.3 is 321 Å². The van der Waals surface area contributed by atoms with Gasteiger partial charge in [0.25, 0.3) is 0 Å². The van der Waals surface area contributed by atoms with E-state index in [4.69, 9.17) is 4.21 Å². The van der Waals surface area contributed by atoms with E-state index in [1.54, 1.807) is 34.4 Å². The third kappa shape index (κ3) is 4.80. The van der Waals surface area contributed by atoms with Gasteiger partial charge in [0.2, 0.25) is 0 Å². The van der Waals surface area contributed by atoms with Gasteiger partial charge in [0.1, 0.15) is 0 Å². The third-order valence-electron chi connectivity index (χ3n) is 19.1. The Bertz CT molecular complexity index is 2100. The Morgan fingerprint density at radius 3 is 2.06 bits per heavy atom. The van der Waals surface area contributed by atoms with Crippen LogP contribution in [0.15, 0.2) is 98.4 Å². The van der Waals surface area contributed by atoms with E-state index in [-0.39, 0.29) is 55.0 Å². The van der Waals surface area contributed by atoms with Gasteiger partial charge in [-0.3, -0.25) is 0 Å². The van der Waals surface area contributed by atoms with E-state index < -0.39 is 18.3 Å². The Morgan fingerprint density at radius 2 is 1.41 bits per heavy atom. The number of rotatable bonds is 4. The SMILES string of the molecule is Cl.Cl.[CH2]=[Zr]([CH3])([C]1=CC(C2(C)CCCCC2)=CC1C)([c]1ccc(C)cc1)[C]1(C)C2=C3Cc4ccccc4C3=C3C=CCCC3C2(C)C(C)(C)C(C)(C)C1(C)C. The summed E-state index contributed by atoms with van der Waals surface area (Å²) in [4.78, 5) is 0. The maximum atomic E-state index is 6.07. The molecule has 0 radical (unpaired) electrons. The molecule has 0 bridgehead atoms. The van der Waals surface area contributed by atoms with Crippen LogP contribution >= 0.6 is 24.8 Å². The number of benzene rings is 2. The summed E-state index contributed by atoms with van der Waals surface area (Å²) in [6.07, 6.45) is 20.7. The van der Waals surface area contributed by atoms with Crippen molar-refractivity contribution in [1.29, 1.82) is 0 Å². The molecular formula is C51H70Cl2Zr. The van der Waals surface area contributed by atoms with E-state index >= 15 is 0 Å². The summed E-state index contributed by atoms with van der Waals surface area (Å²) >= 11 is -4.81. The van der Waals surface area contributed by atoms with Crippen LogP contribution in [0.2, 0.25) is 7.75 Å². The number of halogens is 2. The number of fused-ring (bicyclic) bond motifs is 6. The average molecular weight is 845 g/mol. The molecule has 0 saturated heterocycles. The molecule has 2 fully saturated rings. The van der Waals surface area contributed by atoms with Crippen LogP contribution in [0.25, 0.3) is 5.57 Å². The van der Waals surface area contributed by atoms with Gasteiger partial charge in [-0.25, -0.2) is 0 Å². The number of allylic oxidation sites excluding steroid dienone is 10. The summed E-state index contributed by atoms with van der Waals surface area (Å²) in [5.41, 5.74) is 12.8. The van der Waals surface area contributed by atoms with Crippen LogP contribution in [0.4, 0.5) is 0 Å². The molecule has 4 atom stereocenters. The fourth-order valence-electron chi connectivity index (χ4n) is 14.4. The first-order valence-electron chi connectivity index (χ1n) is 21.0. The molecule has 3 heteroatoms. The Hall–Kier alpha value is -1.53. The number of aryl methyl sites for hydroxylation is 1. The molecule has 2 aromatic rings. The zero-order valence-corrected chi connectivity index (χ0v) is 39.9. The molecule has 6 aliphatic rings. The van der Waals surface area contributed by atoms with Crippen LogP contribution in [0, 0.1) is 45.8 Å². The van der Waals surface area contributed by atoms with E-state index in [1.807, 2.05) is 0 Å². The molecule has 0 aliphatic heterocycles. The van der Waals surface area contributed by atoms with Gasteiger partial charge in [0, 0.05) is 0 Å². The molecule has 0 amide bonds. The molecule has 4 unspecified atom stereocenters. The van der Waals surface area contributed by atoms with Gasteiger partial charge in [-0.1, -0.05) is 0 Å². The molecule has 8 rings (SSSR count). The fraction of sp³-hybridized carbons (Fsp3) is 0.549. The first-order valence-corrected chi connectivity index (χ1v) is 28.9. The molecule has 0 aromatic heterocycles. The van der Waals surface area contributed by atoms with Crippen LogP contribution in [-0.4, -0.2) is 4.21 Å². The zero-order valence-electron chi connectivity index (χ0n) is 35.8. The zero-order chi connectivity index (χ0) is 37.5. The molecule has 6 aliphatic carbocycles. The number of hydrogen-bond acceptors (Lipinski definition) is 0. The van der Waals surface area contributed by atoms with Gasteiger partial charge in [0.15, 0.2) is 0 Å². The summed E-state index contributed by atoms with van der Waals surface area (Å²) in [5.74, 6) is 0.863. The summed E-state index contributed by atoms with van der Waals surface area (Å²) < 4.78 is 12.0. The first-order chi connectivity index (χ1) is 24.2. The third-order valence-corrected chi connectivity index (χ3v) is 37.9. The van der Waals surface area contributed by atoms with Gasteiger partial charge < -0.3 is 0 Å². The molecular weight excluding hydrogens is 775 g/mol. The van der Waals surface area contributed by atoms with E-state index in [0.717, 1.165) is 12.8 Å². The van der Waals surface area contributed by atoms with Crippen molar-refractivity contribution in [3.8, 4) is 0 Å². The van der Waals surface area contributed by atoms with Crippen molar-refractivity contribution >= 4 is 37.9 Å². The van der Waals surface area contributed by atoms with Crippen molar-refractivity contribution in [2.45, 2.75) is 135 Å². The van der Waals surface area contributed by atoms with Crippen molar-refractivity contribution in [3.05, 3.63) is 115 Å². The minimum absolute atomic E-state index is 0. The van der Waals surface area contributed by atoms with Gasteiger partial charge in [0.05, 0.1) is 0 Å². The Kier molecular flexibility index (Phi) is 10.1. The maximum absolute atomic E-state index is 6.07. The van der Waals surface area contributed by atoms with Crippen molar-refractivity contribution in [3.63, 3.8) is 0 Å². The molecule has 0 N–H and O–H groups in total. The second-order valence-electron chi connectivity index (χ2n) is 21.3. The summed E-state index contributed by atoms with van der Waals surface area (Å²) in [5, 5.41) is 0. The summed E-state index contributed by atoms with van der Waals surface area (Å²) in [7, 11) is 0. The molecule has 2 saturated carbocycles. The van der Waals surface area contributed by atoms with Gasteiger partial charge in [-0.2, -0.15) is 0 Å². The van der Waals surface area contributed by atoms with Crippen LogP contribution in [-0.2, 0) is 24.7 Å². The Balaban J connectivity index is 0.00000249. The normalized spacial score (nSPS) is 31.6.